The number of non-ortho nitro benzene ring substituents is 1. The van der Waals surface area contributed by atoms with Crippen LogP contribution in [0.3, 0.4) is 0 Å². The standard InChI is InChI=1S/C31H43ClN2O13/c1-25-22-26(24-46-31(35)47-28-8-6-27(7-9-28)33(36)37)29(34(38)39)23-30(25)45-21-20-44-19-18-43-17-16-42-15-14-41-13-12-40-11-5-3-2-4-10-32/h6-9,22-23H,2-5,10-21,24H2,1H3. The normalized spacial score (nSPS) is 10.9. The summed E-state index contributed by atoms with van der Waals surface area (Å²) < 4.78 is 43.0. The fourth-order valence-corrected chi connectivity index (χ4v) is 4.11. The lowest BCUT2D eigenvalue weighted by Crippen LogP contribution is -2.14. The number of nitro benzene ring substituents is 2. The smallest absolute Gasteiger partial charge is 0.491 e. The number of carbonyl (C=O) groups excluding carboxylic acids is 1. The summed E-state index contributed by atoms with van der Waals surface area (Å²) in [6.07, 6.45) is 3.24. The molecule has 0 spiro atoms. The quantitative estimate of drug-likeness (QED) is 0.0276. The summed E-state index contributed by atoms with van der Waals surface area (Å²) in [5, 5.41) is 22.4. The van der Waals surface area contributed by atoms with Crippen LogP contribution in [0.4, 0.5) is 16.2 Å². The van der Waals surface area contributed by atoms with Gasteiger partial charge in [-0.2, -0.15) is 0 Å². The first-order valence-electron chi connectivity index (χ1n) is 15.3. The molecule has 2 rings (SSSR count). The van der Waals surface area contributed by atoms with Crippen molar-refractivity contribution < 1.29 is 52.5 Å². The SMILES string of the molecule is Cc1cc(COC(=O)Oc2ccc([N+](=O)[O-])cc2)c([N+](=O)[O-])cc1OCCOCCOCCOCCOCCOCCCCCCCl. The third-order valence-corrected chi connectivity index (χ3v) is 6.58. The van der Waals surface area contributed by atoms with Crippen LogP contribution in [0.25, 0.3) is 0 Å². The lowest BCUT2D eigenvalue weighted by molar-refractivity contribution is -0.386. The Morgan fingerprint density at radius 1 is 0.702 bits per heavy atom. The number of hydrogen-bond acceptors (Lipinski definition) is 13. The molecule has 0 aliphatic heterocycles. The van der Waals surface area contributed by atoms with E-state index in [1.807, 2.05) is 0 Å². The number of alkyl halides is 1. The van der Waals surface area contributed by atoms with Gasteiger partial charge in [-0.15, -0.1) is 11.6 Å². The zero-order chi connectivity index (χ0) is 34.1. The highest BCUT2D eigenvalue weighted by Gasteiger charge is 2.20. The van der Waals surface area contributed by atoms with Crippen molar-refractivity contribution in [3.05, 3.63) is 67.8 Å². The summed E-state index contributed by atoms with van der Waals surface area (Å²) in [5.41, 5.74) is 0.249. The predicted molar refractivity (Wildman–Crippen MR) is 171 cm³/mol. The van der Waals surface area contributed by atoms with E-state index in [9.17, 15) is 25.0 Å². The first kappa shape index (κ1) is 39.6. The molecule has 262 valence electrons. The highest BCUT2D eigenvalue weighted by molar-refractivity contribution is 6.17. The van der Waals surface area contributed by atoms with E-state index in [2.05, 4.69) is 0 Å². The van der Waals surface area contributed by atoms with Crippen molar-refractivity contribution >= 4 is 29.1 Å². The number of aryl methyl sites for hydroxylation is 1. The first-order chi connectivity index (χ1) is 22.8. The number of unbranched alkanes of at least 4 members (excludes halogenated alkanes) is 3. The summed E-state index contributed by atoms with van der Waals surface area (Å²) in [5.74, 6) is 1.02. The van der Waals surface area contributed by atoms with Crippen LogP contribution in [0.5, 0.6) is 11.5 Å². The van der Waals surface area contributed by atoms with Crippen molar-refractivity contribution in [3.8, 4) is 11.5 Å². The van der Waals surface area contributed by atoms with Crippen molar-refractivity contribution in [2.75, 3.05) is 78.6 Å². The van der Waals surface area contributed by atoms with E-state index < -0.39 is 22.6 Å². The van der Waals surface area contributed by atoms with Gasteiger partial charge >= 0.3 is 6.16 Å². The number of carbonyl (C=O) groups is 1. The zero-order valence-corrected chi connectivity index (χ0v) is 27.3. The van der Waals surface area contributed by atoms with Crippen molar-refractivity contribution in [1.29, 1.82) is 0 Å². The van der Waals surface area contributed by atoms with E-state index >= 15 is 0 Å². The summed E-state index contributed by atoms with van der Waals surface area (Å²) in [7, 11) is 0. The Labute approximate surface area is 278 Å². The molecular weight excluding hydrogens is 644 g/mol. The number of nitrogens with zero attached hydrogens (tertiary/aromatic N) is 2. The average Bonchev–Trinajstić information content (AvgIpc) is 3.05. The minimum absolute atomic E-state index is 0.0210. The van der Waals surface area contributed by atoms with Crippen LogP contribution in [0.1, 0.15) is 36.8 Å². The van der Waals surface area contributed by atoms with Crippen LogP contribution in [0, 0.1) is 27.2 Å². The molecule has 0 aliphatic rings. The van der Waals surface area contributed by atoms with Crippen molar-refractivity contribution in [2.24, 2.45) is 0 Å². The molecule has 0 atom stereocenters. The predicted octanol–water partition coefficient (Wildman–Crippen LogP) is 5.79. The van der Waals surface area contributed by atoms with Gasteiger partial charge in [-0.3, -0.25) is 20.2 Å². The Kier molecular flexibility index (Phi) is 20.7. The van der Waals surface area contributed by atoms with Crippen molar-refractivity contribution in [2.45, 2.75) is 39.2 Å². The second-order valence-corrected chi connectivity index (χ2v) is 10.3. The Balaban J connectivity index is 1.52. The highest BCUT2D eigenvalue weighted by Crippen LogP contribution is 2.29. The maximum atomic E-state index is 12.0. The zero-order valence-electron chi connectivity index (χ0n) is 26.6. The Hall–Kier alpha value is -3.60. The van der Waals surface area contributed by atoms with Gasteiger partial charge in [0.2, 0.25) is 0 Å². The molecule has 0 saturated heterocycles. The number of benzene rings is 2. The molecular formula is C31H43ClN2O13. The fraction of sp³-hybridized carbons (Fsp3) is 0.581. The first-order valence-corrected chi connectivity index (χ1v) is 15.8. The number of rotatable bonds is 27. The molecule has 2 aromatic rings. The second-order valence-electron chi connectivity index (χ2n) is 9.91. The van der Waals surface area contributed by atoms with Crippen LogP contribution >= 0.6 is 11.6 Å². The number of halogens is 1. The van der Waals surface area contributed by atoms with Gasteiger partial charge in [-0.1, -0.05) is 12.8 Å². The maximum absolute atomic E-state index is 12.0. The number of ether oxygens (including phenoxy) is 8. The number of nitro groups is 2. The Morgan fingerprint density at radius 2 is 1.23 bits per heavy atom. The number of hydrogen-bond donors (Lipinski definition) is 0. The molecule has 0 unspecified atom stereocenters. The second kappa shape index (κ2) is 24.6. The van der Waals surface area contributed by atoms with E-state index in [1.165, 1.54) is 24.3 Å². The highest BCUT2D eigenvalue weighted by atomic mass is 35.5. The van der Waals surface area contributed by atoms with Gasteiger partial charge in [0, 0.05) is 24.6 Å². The lowest BCUT2D eigenvalue weighted by Gasteiger charge is -2.12. The van der Waals surface area contributed by atoms with Gasteiger partial charge < -0.3 is 37.9 Å². The van der Waals surface area contributed by atoms with Crippen LogP contribution in [0.15, 0.2) is 36.4 Å². The monoisotopic (exact) mass is 686 g/mol. The van der Waals surface area contributed by atoms with Gasteiger partial charge in [0.25, 0.3) is 11.4 Å². The summed E-state index contributed by atoms with van der Waals surface area (Å²) in [4.78, 5) is 33.2. The maximum Gasteiger partial charge on any atom is 0.514 e. The minimum Gasteiger partial charge on any atom is -0.491 e. The third kappa shape index (κ3) is 17.8. The van der Waals surface area contributed by atoms with Crippen LogP contribution in [0.2, 0.25) is 0 Å². The molecule has 0 radical (unpaired) electrons. The van der Waals surface area contributed by atoms with Gasteiger partial charge in [-0.25, -0.2) is 4.79 Å². The van der Waals surface area contributed by atoms with Gasteiger partial charge in [0.05, 0.1) is 80.9 Å². The lowest BCUT2D eigenvalue weighted by atomic mass is 10.1. The molecule has 0 amide bonds. The Morgan fingerprint density at radius 3 is 1.77 bits per heavy atom. The molecule has 0 aliphatic carbocycles. The van der Waals surface area contributed by atoms with Gasteiger partial charge in [0.15, 0.2) is 0 Å². The molecule has 16 heteroatoms. The van der Waals surface area contributed by atoms with Crippen LogP contribution in [-0.4, -0.2) is 94.6 Å². The van der Waals surface area contributed by atoms with Crippen LogP contribution in [-0.2, 0) is 35.0 Å². The molecule has 0 fully saturated rings. The van der Waals surface area contributed by atoms with Crippen LogP contribution < -0.4 is 9.47 Å². The van der Waals surface area contributed by atoms with E-state index in [1.54, 1.807) is 6.92 Å². The molecule has 0 saturated carbocycles. The van der Waals surface area contributed by atoms with E-state index in [0.29, 0.717) is 64.3 Å². The molecule has 0 bridgehead atoms. The molecule has 2 aromatic carbocycles. The van der Waals surface area contributed by atoms with E-state index in [0.717, 1.165) is 44.4 Å². The molecule has 47 heavy (non-hydrogen) atoms. The summed E-state index contributed by atoms with van der Waals surface area (Å²) >= 11 is 5.64. The van der Waals surface area contributed by atoms with Gasteiger partial charge in [-0.05, 0) is 43.5 Å². The fourth-order valence-electron chi connectivity index (χ4n) is 3.92. The van der Waals surface area contributed by atoms with Crippen molar-refractivity contribution in [1.82, 2.24) is 0 Å². The molecule has 15 nitrogen and oxygen atoms in total. The van der Waals surface area contributed by atoms with Gasteiger partial charge in [0.1, 0.15) is 24.7 Å². The summed E-state index contributed by atoms with van der Waals surface area (Å²) in [6, 6.07) is 7.53. The van der Waals surface area contributed by atoms with Crippen molar-refractivity contribution in [3.63, 3.8) is 0 Å². The third-order valence-electron chi connectivity index (χ3n) is 6.31. The minimum atomic E-state index is -1.12. The molecule has 0 aromatic heterocycles. The summed E-state index contributed by atoms with van der Waals surface area (Å²) in [6.45, 7) is 6.02. The molecule has 0 heterocycles. The molecule has 0 N–H and O–H groups in total. The average molecular weight is 687 g/mol. The van der Waals surface area contributed by atoms with E-state index in [-0.39, 0.29) is 41.7 Å². The largest absolute Gasteiger partial charge is 0.514 e. The topological polar surface area (TPSA) is 177 Å². The van der Waals surface area contributed by atoms with E-state index in [4.69, 9.17) is 49.5 Å². The Bertz CT molecular complexity index is 1200.